The molecule has 0 spiro atoms. The molecule has 0 aliphatic carbocycles. The Bertz CT molecular complexity index is 585. The molecule has 7 heteroatoms. The molecule has 0 fully saturated rings. The number of rotatable bonds is 4. The van der Waals surface area contributed by atoms with Gasteiger partial charge in [-0.1, -0.05) is 6.07 Å². The van der Waals surface area contributed by atoms with Crippen molar-refractivity contribution in [2.45, 2.75) is 10.6 Å². The van der Waals surface area contributed by atoms with Crippen molar-refractivity contribution in [1.82, 2.24) is 9.78 Å². The fraction of sp³-hybridized carbons (Fsp3) is 0.182. The summed E-state index contributed by atoms with van der Waals surface area (Å²) in [6.07, 6.45) is 3.69. The molecule has 18 heavy (non-hydrogen) atoms. The van der Waals surface area contributed by atoms with Gasteiger partial charge in [-0.15, -0.1) is 11.8 Å². The van der Waals surface area contributed by atoms with E-state index in [0.717, 1.165) is 10.5 Å². The number of thioether (sulfide) groups is 1. The van der Waals surface area contributed by atoms with Gasteiger partial charge in [-0.3, -0.25) is 14.8 Å². The van der Waals surface area contributed by atoms with E-state index in [1.807, 2.05) is 19.3 Å². The van der Waals surface area contributed by atoms with E-state index >= 15 is 0 Å². The number of aryl methyl sites for hydroxylation is 1. The van der Waals surface area contributed by atoms with Crippen molar-refractivity contribution < 1.29 is 4.92 Å². The van der Waals surface area contributed by atoms with Gasteiger partial charge >= 0.3 is 0 Å². The lowest BCUT2D eigenvalue weighted by Gasteiger charge is -2.01. The number of hydrogen-bond donors (Lipinski definition) is 0. The van der Waals surface area contributed by atoms with Crippen LogP contribution in [0.5, 0.6) is 0 Å². The Labute approximate surface area is 116 Å². The molecule has 0 aliphatic heterocycles. The van der Waals surface area contributed by atoms with Crippen molar-refractivity contribution >= 4 is 33.4 Å². The van der Waals surface area contributed by atoms with Crippen LogP contribution in [0.4, 0.5) is 5.69 Å². The fourth-order valence-electron chi connectivity index (χ4n) is 1.43. The normalized spacial score (nSPS) is 10.6. The summed E-state index contributed by atoms with van der Waals surface area (Å²) in [5, 5.41) is 14.9. The molecule has 5 nitrogen and oxygen atoms in total. The van der Waals surface area contributed by atoms with Gasteiger partial charge in [-0.2, -0.15) is 5.10 Å². The molecule has 0 N–H and O–H groups in total. The van der Waals surface area contributed by atoms with E-state index in [1.54, 1.807) is 34.8 Å². The van der Waals surface area contributed by atoms with Gasteiger partial charge < -0.3 is 0 Å². The zero-order valence-electron chi connectivity index (χ0n) is 9.54. The van der Waals surface area contributed by atoms with Crippen molar-refractivity contribution in [2.75, 3.05) is 0 Å². The highest BCUT2D eigenvalue weighted by atomic mass is 79.9. The average Bonchev–Trinajstić information content (AvgIpc) is 2.74. The lowest BCUT2D eigenvalue weighted by Crippen LogP contribution is -1.91. The molecule has 0 atom stereocenters. The van der Waals surface area contributed by atoms with Gasteiger partial charge in [0.1, 0.15) is 0 Å². The average molecular weight is 328 g/mol. The second-order valence-corrected chi connectivity index (χ2v) is 5.58. The summed E-state index contributed by atoms with van der Waals surface area (Å²) in [7, 11) is 1.86. The predicted octanol–water partition coefficient (Wildman–Crippen LogP) is 3.38. The summed E-state index contributed by atoms with van der Waals surface area (Å²) in [4.78, 5) is 11.5. The first-order valence-electron chi connectivity index (χ1n) is 5.10. The molecular formula is C11H10BrN3O2S. The molecule has 0 radical (unpaired) electrons. The van der Waals surface area contributed by atoms with Crippen LogP contribution in [0.3, 0.4) is 0 Å². The van der Waals surface area contributed by atoms with E-state index in [2.05, 4.69) is 21.0 Å². The first-order valence-corrected chi connectivity index (χ1v) is 6.88. The van der Waals surface area contributed by atoms with Crippen molar-refractivity contribution in [3.05, 3.63) is 50.7 Å². The molecule has 0 unspecified atom stereocenters. The Balaban J connectivity index is 2.10. The lowest BCUT2D eigenvalue weighted by atomic mass is 10.2. The highest BCUT2D eigenvalue weighted by Gasteiger charge is 2.12. The quantitative estimate of drug-likeness (QED) is 0.490. The van der Waals surface area contributed by atoms with Gasteiger partial charge in [0.15, 0.2) is 0 Å². The zero-order valence-corrected chi connectivity index (χ0v) is 11.9. The van der Waals surface area contributed by atoms with E-state index in [4.69, 9.17) is 0 Å². The molecular weight excluding hydrogens is 318 g/mol. The first kappa shape index (κ1) is 13.1. The minimum Gasteiger partial charge on any atom is -0.275 e. The van der Waals surface area contributed by atoms with Crippen LogP contribution in [0.15, 0.2) is 40.0 Å². The van der Waals surface area contributed by atoms with Crippen LogP contribution in [-0.2, 0) is 12.8 Å². The molecule has 94 valence electrons. The highest BCUT2D eigenvalue weighted by molar-refractivity contribution is 9.10. The Morgan fingerprint density at radius 1 is 1.56 bits per heavy atom. The van der Waals surface area contributed by atoms with Gasteiger partial charge in [0.25, 0.3) is 5.69 Å². The van der Waals surface area contributed by atoms with Crippen LogP contribution in [0, 0.1) is 10.1 Å². The van der Waals surface area contributed by atoms with Crippen LogP contribution in [0.1, 0.15) is 5.56 Å². The molecule has 0 saturated heterocycles. The monoisotopic (exact) mass is 327 g/mol. The van der Waals surface area contributed by atoms with E-state index in [1.165, 1.54) is 0 Å². The summed E-state index contributed by atoms with van der Waals surface area (Å²) in [6.45, 7) is 0. The number of benzene rings is 1. The summed E-state index contributed by atoms with van der Waals surface area (Å²) >= 11 is 4.77. The molecule has 0 aliphatic rings. The van der Waals surface area contributed by atoms with Crippen LogP contribution in [0.2, 0.25) is 0 Å². The van der Waals surface area contributed by atoms with Crippen LogP contribution < -0.4 is 0 Å². The van der Waals surface area contributed by atoms with Gasteiger partial charge in [-0.05, 0) is 27.6 Å². The van der Waals surface area contributed by atoms with Gasteiger partial charge in [0.05, 0.1) is 15.6 Å². The summed E-state index contributed by atoms with van der Waals surface area (Å²) in [5.41, 5.74) is 1.01. The van der Waals surface area contributed by atoms with Crippen LogP contribution >= 0.6 is 27.7 Å². The van der Waals surface area contributed by atoms with E-state index in [-0.39, 0.29) is 10.6 Å². The van der Waals surface area contributed by atoms with Crippen molar-refractivity contribution in [2.24, 2.45) is 7.05 Å². The fourth-order valence-corrected chi connectivity index (χ4v) is 2.68. The number of halogens is 1. The van der Waals surface area contributed by atoms with Crippen LogP contribution in [-0.4, -0.2) is 14.7 Å². The molecule has 1 aromatic heterocycles. The van der Waals surface area contributed by atoms with Gasteiger partial charge in [-0.25, -0.2) is 0 Å². The number of hydrogen-bond acceptors (Lipinski definition) is 4. The van der Waals surface area contributed by atoms with Crippen molar-refractivity contribution in [3.63, 3.8) is 0 Å². The zero-order chi connectivity index (χ0) is 13.1. The minimum absolute atomic E-state index is 0.0966. The molecule has 0 saturated carbocycles. The first-order chi connectivity index (χ1) is 8.56. The molecule has 0 bridgehead atoms. The molecule has 2 aromatic rings. The summed E-state index contributed by atoms with van der Waals surface area (Å²) in [6, 6.07) is 5.17. The second kappa shape index (κ2) is 5.53. The number of nitro benzene ring substituents is 1. The van der Waals surface area contributed by atoms with Gasteiger partial charge in [0.2, 0.25) is 0 Å². The Morgan fingerprint density at radius 2 is 2.33 bits per heavy atom. The van der Waals surface area contributed by atoms with Crippen LogP contribution in [0.25, 0.3) is 0 Å². The Kier molecular flexibility index (Phi) is 4.03. The lowest BCUT2D eigenvalue weighted by molar-refractivity contribution is -0.385. The molecule has 1 aromatic carbocycles. The third-order valence-electron chi connectivity index (χ3n) is 2.29. The summed E-state index contributed by atoms with van der Waals surface area (Å²) in [5.74, 6) is 0.680. The topological polar surface area (TPSA) is 61.0 Å². The minimum atomic E-state index is -0.387. The smallest absolute Gasteiger partial charge is 0.275 e. The van der Waals surface area contributed by atoms with E-state index in [9.17, 15) is 10.1 Å². The Hall–Kier alpha value is -1.34. The summed E-state index contributed by atoms with van der Waals surface area (Å²) < 4.78 is 2.23. The second-order valence-electron chi connectivity index (χ2n) is 3.68. The third-order valence-corrected chi connectivity index (χ3v) is 3.99. The van der Waals surface area contributed by atoms with Gasteiger partial charge in [0, 0.05) is 30.0 Å². The Morgan fingerprint density at radius 3 is 2.94 bits per heavy atom. The van der Waals surface area contributed by atoms with Crippen molar-refractivity contribution in [3.8, 4) is 0 Å². The predicted molar refractivity (Wildman–Crippen MR) is 73.6 cm³/mol. The SMILES string of the molecule is Cn1cc(SCc2ccc(Br)c([N+](=O)[O-])c2)cn1. The highest BCUT2D eigenvalue weighted by Crippen LogP contribution is 2.29. The maximum Gasteiger partial charge on any atom is 0.283 e. The standard InChI is InChI=1S/C11H10BrN3O2S/c1-14-6-9(5-13-14)18-7-8-2-3-10(12)11(4-8)15(16)17/h2-6H,7H2,1H3. The van der Waals surface area contributed by atoms with E-state index < -0.39 is 0 Å². The largest absolute Gasteiger partial charge is 0.283 e. The third kappa shape index (κ3) is 3.11. The number of aromatic nitrogens is 2. The maximum absolute atomic E-state index is 10.8. The maximum atomic E-state index is 10.8. The molecule has 1 heterocycles. The molecule has 0 amide bonds. The number of nitro groups is 1. The number of nitrogens with zero attached hydrogens (tertiary/aromatic N) is 3. The van der Waals surface area contributed by atoms with E-state index in [0.29, 0.717) is 10.2 Å². The molecule has 2 rings (SSSR count). The van der Waals surface area contributed by atoms with Crippen molar-refractivity contribution in [1.29, 1.82) is 0 Å².